The molecule has 0 aliphatic carbocycles. The lowest BCUT2D eigenvalue weighted by Gasteiger charge is -2.25. The molecule has 2 rings (SSSR count). The van der Waals surface area contributed by atoms with E-state index >= 15 is 0 Å². The molecule has 0 bridgehead atoms. The van der Waals surface area contributed by atoms with Gasteiger partial charge in [-0.25, -0.2) is 4.79 Å². The number of hydrogen-bond donors (Lipinski definition) is 1. The third-order valence-electron chi connectivity index (χ3n) is 2.60. The van der Waals surface area contributed by atoms with Crippen LogP contribution in [0.5, 0.6) is 0 Å². The van der Waals surface area contributed by atoms with Crippen molar-refractivity contribution >= 4 is 0 Å². The van der Waals surface area contributed by atoms with Crippen LogP contribution in [0.1, 0.15) is 25.1 Å². The minimum absolute atomic E-state index is 0.460. The van der Waals surface area contributed by atoms with Gasteiger partial charge in [-0.2, -0.15) is 0 Å². The molecule has 0 spiro atoms. The van der Waals surface area contributed by atoms with Gasteiger partial charge in [0.15, 0.2) is 5.82 Å². The summed E-state index contributed by atoms with van der Waals surface area (Å²) in [6, 6.07) is 0. The smallest absolute Gasteiger partial charge is 0.303 e. The van der Waals surface area contributed by atoms with Gasteiger partial charge in [0.1, 0.15) is 0 Å². The van der Waals surface area contributed by atoms with Crippen molar-refractivity contribution in [3.05, 3.63) is 16.4 Å². The normalized spacial score (nSPS) is 18.6. The molecular formula is C9H15N3O2. The molecule has 78 valence electrons. The van der Waals surface area contributed by atoms with Gasteiger partial charge < -0.3 is 4.90 Å². The van der Waals surface area contributed by atoms with E-state index in [4.69, 9.17) is 0 Å². The second kappa shape index (κ2) is 4.41. The third-order valence-corrected chi connectivity index (χ3v) is 2.60. The van der Waals surface area contributed by atoms with Crippen molar-refractivity contribution in [2.75, 3.05) is 19.6 Å². The Balaban J connectivity index is 1.78. The standard InChI is InChI=1S/C9H15N3O2/c13-9-10-8(11-14-9)4-7-12-5-2-1-3-6-12/h1-7H2,(H,10,11,13). The number of hydrogen-bond acceptors (Lipinski definition) is 4. The van der Waals surface area contributed by atoms with Crippen LogP contribution in [0.4, 0.5) is 0 Å². The van der Waals surface area contributed by atoms with Crippen LogP contribution in [0.2, 0.25) is 0 Å². The molecule has 0 saturated carbocycles. The fourth-order valence-electron chi connectivity index (χ4n) is 1.82. The Labute approximate surface area is 82.1 Å². The monoisotopic (exact) mass is 197 g/mol. The van der Waals surface area contributed by atoms with E-state index in [-0.39, 0.29) is 0 Å². The first-order valence-corrected chi connectivity index (χ1v) is 5.12. The van der Waals surface area contributed by atoms with Crippen molar-refractivity contribution in [3.63, 3.8) is 0 Å². The van der Waals surface area contributed by atoms with Gasteiger partial charge in [-0.05, 0) is 25.9 Å². The molecule has 0 unspecified atom stereocenters. The van der Waals surface area contributed by atoms with Gasteiger partial charge in [-0.1, -0.05) is 11.6 Å². The lowest BCUT2D eigenvalue weighted by Crippen LogP contribution is -2.31. The average Bonchev–Trinajstić information content (AvgIpc) is 2.63. The zero-order chi connectivity index (χ0) is 9.80. The first-order chi connectivity index (χ1) is 6.84. The Morgan fingerprint density at radius 2 is 2.14 bits per heavy atom. The van der Waals surface area contributed by atoms with Crippen LogP contribution < -0.4 is 5.76 Å². The molecule has 5 nitrogen and oxygen atoms in total. The summed E-state index contributed by atoms with van der Waals surface area (Å²) in [6.07, 6.45) is 4.69. The van der Waals surface area contributed by atoms with Crippen molar-refractivity contribution in [2.24, 2.45) is 0 Å². The Bertz CT molecular complexity index is 325. The number of aromatic amines is 1. The summed E-state index contributed by atoms with van der Waals surface area (Å²) in [7, 11) is 0. The fourth-order valence-corrected chi connectivity index (χ4v) is 1.82. The number of H-pyrrole nitrogens is 1. The van der Waals surface area contributed by atoms with E-state index in [1.54, 1.807) is 0 Å². The zero-order valence-electron chi connectivity index (χ0n) is 8.16. The Morgan fingerprint density at radius 3 is 2.79 bits per heavy atom. The quantitative estimate of drug-likeness (QED) is 0.761. The van der Waals surface area contributed by atoms with Crippen molar-refractivity contribution in [2.45, 2.75) is 25.7 Å². The fraction of sp³-hybridized carbons (Fsp3) is 0.778. The van der Waals surface area contributed by atoms with E-state index in [0.717, 1.165) is 13.0 Å². The van der Waals surface area contributed by atoms with Crippen LogP contribution in [0.15, 0.2) is 9.32 Å². The van der Waals surface area contributed by atoms with E-state index < -0.39 is 5.76 Å². The molecule has 1 N–H and O–H groups in total. The number of nitrogens with zero attached hydrogens (tertiary/aromatic N) is 2. The molecule has 0 amide bonds. The highest BCUT2D eigenvalue weighted by Gasteiger charge is 2.10. The first-order valence-electron chi connectivity index (χ1n) is 5.12. The average molecular weight is 197 g/mol. The van der Waals surface area contributed by atoms with Crippen LogP contribution >= 0.6 is 0 Å². The van der Waals surface area contributed by atoms with Gasteiger partial charge in [0.25, 0.3) is 0 Å². The summed E-state index contributed by atoms with van der Waals surface area (Å²) in [6.45, 7) is 3.30. The van der Waals surface area contributed by atoms with Crippen molar-refractivity contribution in [1.82, 2.24) is 15.0 Å². The summed E-state index contributed by atoms with van der Waals surface area (Å²) in [4.78, 5) is 15.6. The molecule has 1 saturated heterocycles. The largest absolute Gasteiger partial charge is 0.438 e. The third kappa shape index (κ3) is 2.45. The molecular weight excluding hydrogens is 182 g/mol. The lowest BCUT2D eigenvalue weighted by molar-refractivity contribution is 0.229. The number of likely N-dealkylation sites (tertiary alicyclic amines) is 1. The maximum Gasteiger partial charge on any atom is 0.438 e. The molecule has 14 heavy (non-hydrogen) atoms. The highest BCUT2D eigenvalue weighted by atomic mass is 16.5. The number of nitrogens with one attached hydrogen (secondary N) is 1. The molecule has 1 aliphatic rings. The minimum Gasteiger partial charge on any atom is -0.303 e. The van der Waals surface area contributed by atoms with Gasteiger partial charge >= 0.3 is 5.76 Å². The second-order valence-electron chi connectivity index (χ2n) is 3.69. The van der Waals surface area contributed by atoms with Crippen LogP contribution in [0.3, 0.4) is 0 Å². The van der Waals surface area contributed by atoms with Crippen LogP contribution in [-0.2, 0) is 6.42 Å². The van der Waals surface area contributed by atoms with Gasteiger partial charge in [-0.3, -0.25) is 9.51 Å². The number of rotatable bonds is 3. The molecule has 1 fully saturated rings. The van der Waals surface area contributed by atoms with Gasteiger partial charge in [-0.15, -0.1) is 0 Å². The van der Waals surface area contributed by atoms with E-state index in [2.05, 4.69) is 19.6 Å². The predicted molar refractivity (Wildman–Crippen MR) is 51.1 cm³/mol. The maximum atomic E-state index is 10.6. The summed E-state index contributed by atoms with van der Waals surface area (Å²) in [5, 5.41) is 3.63. The molecule has 1 aromatic heterocycles. The van der Waals surface area contributed by atoms with E-state index in [1.807, 2.05) is 0 Å². The highest BCUT2D eigenvalue weighted by molar-refractivity contribution is 4.80. The highest BCUT2D eigenvalue weighted by Crippen LogP contribution is 2.08. The lowest BCUT2D eigenvalue weighted by atomic mass is 10.1. The maximum absolute atomic E-state index is 10.6. The molecule has 0 radical (unpaired) electrons. The summed E-state index contributed by atoms with van der Waals surface area (Å²) in [5.41, 5.74) is 0. The van der Waals surface area contributed by atoms with E-state index in [9.17, 15) is 4.79 Å². The molecule has 1 aromatic rings. The van der Waals surface area contributed by atoms with E-state index in [1.165, 1.54) is 32.4 Å². The van der Waals surface area contributed by atoms with Crippen LogP contribution in [0.25, 0.3) is 0 Å². The van der Waals surface area contributed by atoms with Crippen LogP contribution in [-0.4, -0.2) is 34.7 Å². The minimum atomic E-state index is -0.460. The topological polar surface area (TPSA) is 62.1 Å². The number of piperidine rings is 1. The Morgan fingerprint density at radius 1 is 1.36 bits per heavy atom. The van der Waals surface area contributed by atoms with E-state index in [0.29, 0.717) is 5.82 Å². The van der Waals surface area contributed by atoms with Crippen molar-refractivity contribution < 1.29 is 4.52 Å². The van der Waals surface area contributed by atoms with Crippen molar-refractivity contribution in [3.8, 4) is 0 Å². The SMILES string of the molecule is O=c1[nH]c(CCN2CCCCC2)no1. The molecule has 0 atom stereocenters. The van der Waals surface area contributed by atoms with Gasteiger partial charge in [0.2, 0.25) is 0 Å². The summed E-state index contributed by atoms with van der Waals surface area (Å²) >= 11 is 0. The first kappa shape index (κ1) is 9.45. The second-order valence-corrected chi connectivity index (χ2v) is 3.69. The van der Waals surface area contributed by atoms with Crippen LogP contribution in [0, 0.1) is 0 Å². The Kier molecular flexibility index (Phi) is 2.98. The molecule has 0 aromatic carbocycles. The van der Waals surface area contributed by atoms with Crippen molar-refractivity contribution in [1.29, 1.82) is 0 Å². The Hall–Kier alpha value is -1.10. The molecule has 1 aliphatic heterocycles. The van der Waals surface area contributed by atoms with Gasteiger partial charge in [0.05, 0.1) is 0 Å². The van der Waals surface area contributed by atoms with Gasteiger partial charge in [0, 0.05) is 13.0 Å². The summed E-state index contributed by atoms with van der Waals surface area (Å²) in [5.74, 6) is 0.194. The molecule has 5 heteroatoms. The zero-order valence-corrected chi connectivity index (χ0v) is 8.16. The summed E-state index contributed by atoms with van der Waals surface area (Å²) < 4.78 is 4.42. The predicted octanol–water partition coefficient (Wildman–Crippen LogP) is 0.391. The number of aromatic nitrogens is 2. The molecule has 2 heterocycles.